The predicted octanol–water partition coefficient (Wildman–Crippen LogP) is 5.91. The van der Waals surface area contributed by atoms with Crippen LogP contribution in [-0.4, -0.2) is 25.9 Å². The number of benzene rings is 3. The molecule has 0 unspecified atom stereocenters. The number of carbonyl (C=O) groups excluding carboxylic acids is 1. The normalized spacial score (nSPS) is 11.4. The Hall–Kier alpha value is -4.14. The van der Waals surface area contributed by atoms with Crippen LogP contribution in [-0.2, 0) is 22.1 Å². The topological polar surface area (TPSA) is 96.8 Å². The summed E-state index contributed by atoms with van der Waals surface area (Å²) in [4.78, 5) is 12.0. The number of ether oxygens (including phenoxy) is 3. The van der Waals surface area contributed by atoms with Crippen LogP contribution in [0.5, 0.6) is 11.5 Å². The first-order valence-electron chi connectivity index (χ1n) is 11.7. The second-order valence-corrected chi connectivity index (χ2v) is 8.17. The minimum absolute atomic E-state index is 0.0441. The molecule has 0 spiro atoms. The molecule has 0 fully saturated rings. The summed E-state index contributed by atoms with van der Waals surface area (Å²) in [6.45, 7) is 0.0384. The number of halogens is 3. The zero-order chi connectivity index (χ0) is 26.7. The van der Waals surface area contributed by atoms with Gasteiger partial charge < -0.3 is 25.7 Å². The number of unbranched alkanes of at least 4 members (excludes halogenated alkanes) is 1. The molecule has 0 aliphatic rings. The molecule has 4 N–H and O–H groups in total. The minimum atomic E-state index is -3.57. The lowest BCUT2D eigenvalue weighted by Gasteiger charge is -2.18. The van der Waals surface area contributed by atoms with E-state index in [1.54, 1.807) is 30.3 Å². The molecule has 0 amide bonds. The van der Waals surface area contributed by atoms with Crippen LogP contribution >= 0.6 is 0 Å². The van der Waals surface area contributed by atoms with Crippen molar-refractivity contribution in [1.29, 1.82) is 0 Å². The van der Waals surface area contributed by atoms with Gasteiger partial charge in [0.25, 0.3) is 0 Å². The lowest BCUT2D eigenvalue weighted by molar-refractivity contribution is -0.185. The van der Waals surface area contributed by atoms with Gasteiger partial charge in [0.1, 0.15) is 11.5 Å². The fourth-order valence-corrected chi connectivity index (χ4v) is 3.30. The van der Waals surface area contributed by atoms with Gasteiger partial charge in [0.2, 0.25) is 0 Å². The van der Waals surface area contributed by atoms with Crippen LogP contribution in [0.15, 0.2) is 72.8 Å². The van der Waals surface area contributed by atoms with Gasteiger partial charge in [0.15, 0.2) is 0 Å². The maximum absolute atomic E-state index is 14.6. The van der Waals surface area contributed by atoms with Crippen molar-refractivity contribution in [2.24, 2.45) is 0 Å². The molecule has 9 heteroatoms. The van der Waals surface area contributed by atoms with Crippen molar-refractivity contribution in [2.45, 2.75) is 25.4 Å². The quantitative estimate of drug-likeness (QED) is 0.127. The number of nitrogens with two attached hydrogens (primary N) is 2. The monoisotopic (exact) mass is 514 g/mol. The maximum Gasteiger partial charge on any atom is 0.426 e. The molecular formula is C28H29F3N2O4. The standard InChI is InChI=1S/C28H29F3N2O4/c29-16-1-2-17-35-24-12-7-22(8-13-24)28(30,31)37-25-10-3-20(4-11-25)5-14-27(34)36-18-15-21-6-9-23(32)19-26(21)33/h3-14,19H,1-2,15-18,32-33H2/b14-5+. The number of anilines is 2. The molecule has 196 valence electrons. The molecule has 6 nitrogen and oxygen atoms in total. The Morgan fingerprint density at radius 3 is 2.27 bits per heavy atom. The van der Waals surface area contributed by atoms with Crippen LogP contribution in [0.3, 0.4) is 0 Å². The molecule has 0 heterocycles. The van der Waals surface area contributed by atoms with Crippen LogP contribution in [0.1, 0.15) is 29.5 Å². The third kappa shape index (κ3) is 8.79. The average molecular weight is 515 g/mol. The first-order valence-corrected chi connectivity index (χ1v) is 11.7. The fraction of sp³-hybridized carbons (Fsp3) is 0.250. The molecule has 37 heavy (non-hydrogen) atoms. The maximum atomic E-state index is 14.6. The van der Waals surface area contributed by atoms with Gasteiger partial charge in [-0.1, -0.05) is 18.2 Å². The summed E-state index contributed by atoms with van der Waals surface area (Å²) >= 11 is 0. The van der Waals surface area contributed by atoms with Gasteiger partial charge in [-0.2, -0.15) is 8.78 Å². The van der Waals surface area contributed by atoms with E-state index in [1.807, 2.05) is 0 Å². The van der Waals surface area contributed by atoms with Crippen molar-refractivity contribution in [3.05, 3.63) is 89.5 Å². The predicted molar refractivity (Wildman–Crippen MR) is 137 cm³/mol. The summed E-state index contributed by atoms with van der Waals surface area (Å²) in [6, 6.07) is 16.3. The molecule has 0 radical (unpaired) electrons. The van der Waals surface area contributed by atoms with Crippen molar-refractivity contribution in [3.8, 4) is 11.5 Å². The Morgan fingerprint density at radius 1 is 0.892 bits per heavy atom. The lowest BCUT2D eigenvalue weighted by atomic mass is 10.1. The van der Waals surface area contributed by atoms with Crippen molar-refractivity contribution < 1.29 is 32.2 Å². The van der Waals surface area contributed by atoms with E-state index in [1.165, 1.54) is 48.6 Å². The van der Waals surface area contributed by atoms with Crippen LogP contribution in [0.4, 0.5) is 24.5 Å². The van der Waals surface area contributed by atoms with E-state index in [0.717, 1.165) is 5.56 Å². The van der Waals surface area contributed by atoms with Gasteiger partial charge in [0.05, 0.1) is 25.5 Å². The van der Waals surface area contributed by atoms with E-state index in [0.29, 0.717) is 48.6 Å². The largest absolute Gasteiger partial charge is 0.494 e. The molecule has 0 aliphatic heterocycles. The minimum Gasteiger partial charge on any atom is -0.494 e. The third-order valence-electron chi connectivity index (χ3n) is 5.31. The first kappa shape index (κ1) is 27.4. The molecule has 0 bridgehead atoms. The second kappa shape index (κ2) is 13.2. The van der Waals surface area contributed by atoms with Crippen LogP contribution in [0.25, 0.3) is 6.08 Å². The van der Waals surface area contributed by atoms with Crippen molar-refractivity contribution in [3.63, 3.8) is 0 Å². The lowest BCUT2D eigenvalue weighted by Crippen LogP contribution is -2.21. The van der Waals surface area contributed by atoms with Crippen LogP contribution < -0.4 is 20.9 Å². The molecule has 3 aromatic rings. The highest BCUT2D eigenvalue weighted by Crippen LogP contribution is 2.32. The Morgan fingerprint density at radius 2 is 1.59 bits per heavy atom. The molecular weight excluding hydrogens is 485 g/mol. The summed E-state index contributed by atoms with van der Waals surface area (Å²) in [5.41, 5.74) is 13.7. The zero-order valence-corrected chi connectivity index (χ0v) is 20.2. The molecule has 0 atom stereocenters. The Labute approximate surface area is 213 Å². The Bertz CT molecular complexity index is 1180. The number of rotatable bonds is 13. The van der Waals surface area contributed by atoms with Gasteiger partial charge >= 0.3 is 12.1 Å². The van der Waals surface area contributed by atoms with E-state index in [2.05, 4.69) is 0 Å². The smallest absolute Gasteiger partial charge is 0.426 e. The number of nitrogen functional groups attached to an aromatic ring is 2. The van der Waals surface area contributed by atoms with Gasteiger partial charge in [-0.15, -0.1) is 0 Å². The third-order valence-corrected chi connectivity index (χ3v) is 5.31. The Balaban J connectivity index is 1.47. The molecule has 0 aliphatic carbocycles. The first-order chi connectivity index (χ1) is 17.8. The second-order valence-electron chi connectivity index (χ2n) is 8.17. The highest BCUT2D eigenvalue weighted by atomic mass is 19.3. The number of hydrogen-bond acceptors (Lipinski definition) is 6. The number of esters is 1. The van der Waals surface area contributed by atoms with Crippen LogP contribution in [0.2, 0.25) is 0 Å². The van der Waals surface area contributed by atoms with Gasteiger partial charge in [0, 0.05) is 23.9 Å². The fourth-order valence-electron chi connectivity index (χ4n) is 3.30. The summed E-state index contributed by atoms with van der Waals surface area (Å²) < 4.78 is 56.7. The van der Waals surface area contributed by atoms with Crippen molar-refractivity contribution in [1.82, 2.24) is 0 Å². The zero-order valence-electron chi connectivity index (χ0n) is 20.2. The summed E-state index contributed by atoms with van der Waals surface area (Å²) in [5.74, 6) is -0.171. The van der Waals surface area contributed by atoms with E-state index >= 15 is 0 Å². The average Bonchev–Trinajstić information content (AvgIpc) is 2.87. The van der Waals surface area contributed by atoms with Crippen molar-refractivity contribution in [2.75, 3.05) is 31.4 Å². The highest BCUT2D eigenvalue weighted by molar-refractivity contribution is 5.87. The molecule has 3 rings (SSSR count). The molecule has 0 aromatic heterocycles. The Kier molecular flexibility index (Phi) is 9.83. The van der Waals surface area contributed by atoms with E-state index in [9.17, 15) is 18.0 Å². The molecule has 3 aromatic carbocycles. The molecule has 0 saturated heterocycles. The summed E-state index contributed by atoms with van der Waals surface area (Å²) in [5, 5.41) is 0. The number of hydrogen-bond donors (Lipinski definition) is 2. The summed E-state index contributed by atoms with van der Waals surface area (Å²) in [7, 11) is 0. The van der Waals surface area contributed by atoms with Gasteiger partial charge in [-0.3, -0.25) is 4.39 Å². The van der Waals surface area contributed by atoms with Gasteiger partial charge in [-0.25, -0.2) is 4.79 Å². The van der Waals surface area contributed by atoms with E-state index < -0.39 is 18.8 Å². The van der Waals surface area contributed by atoms with E-state index in [4.69, 9.17) is 25.7 Å². The number of carbonyl (C=O) groups is 1. The SMILES string of the molecule is Nc1ccc(CCOC(=O)/C=C/c2ccc(OC(F)(F)c3ccc(OCCCCF)cc3)cc2)c(N)c1. The highest BCUT2D eigenvalue weighted by Gasteiger charge is 2.34. The summed E-state index contributed by atoms with van der Waals surface area (Å²) in [6.07, 6.45) is 0.573. The van der Waals surface area contributed by atoms with Crippen LogP contribution in [0, 0.1) is 0 Å². The van der Waals surface area contributed by atoms with Gasteiger partial charge in [-0.05, 0) is 78.6 Å². The molecule has 0 saturated carbocycles. The number of alkyl halides is 3. The van der Waals surface area contributed by atoms with E-state index in [-0.39, 0.29) is 17.9 Å². The van der Waals surface area contributed by atoms with Crippen molar-refractivity contribution >= 4 is 23.4 Å².